The lowest BCUT2D eigenvalue weighted by molar-refractivity contribution is -0.384. The SMILES string of the molecule is CCOC(=O)C[C@H](c1ccc([N+](=O)[O-])cc1)[C@@H](NC(=O)c1ccccc1F)C(N)=O. The molecule has 0 fully saturated rings. The van der Waals surface area contributed by atoms with Gasteiger partial charge >= 0.3 is 5.97 Å². The van der Waals surface area contributed by atoms with E-state index in [2.05, 4.69) is 5.32 Å². The molecule has 2 rings (SSSR count). The number of halogens is 1. The molecule has 0 aliphatic rings. The molecule has 0 unspecified atom stereocenters. The van der Waals surface area contributed by atoms with Crippen molar-refractivity contribution in [1.29, 1.82) is 0 Å². The fourth-order valence-corrected chi connectivity index (χ4v) is 2.91. The van der Waals surface area contributed by atoms with Crippen molar-refractivity contribution in [3.05, 3.63) is 75.6 Å². The van der Waals surface area contributed by atoms with Crippen molar-refractivity contribution in [1.82, 2.24) is 5.32 Å². The molecule has 2 aromatic rings. The van der Waals surface area contributed by atoms with E-state index < -0.39 is 40.5 Å². The highest BCUT2D eigenvalue weighted by molar-refractivity contribution is 5.98. The van der Waals surface area contributed by atoms with Gasteiger partial charge < -0.3 is 15.8 Å². The van der Waals surface area contributed by atoms with Gasteiger partial charge in [-0.15, -0.1) is 0 Å². The summed E-state index contributed by atoms with van der Waals surface area (Å²) in [6.45, 7) is 1.69. The van der Waals surface area contributed by atoms with Crippen molar-refractivity contribution in [3.63, 3.8) is 0 Å². The Morgan fingerprint density at radius 3 is 2.33 bits per heavy atom. The summed E-state index contributed by atoms with van der Waals surface area (Å²) in [7, 11) is 0. The van der Waals surface area contributed by atoms with E-state index in [1.165, 1.54) is 42.5 Å². The summed E-state index contributed by atoms with van der Waals surface area (Å²) in [5.74, 6) is -4.30. The Morgan fingerprint density at radius 1 is 1.17 bits per heavy atom. The number of nitrogens with zero attached hydrogens (tertiary/aromatic N) is 1. The minimum atomic E-state index is -1.40. The Labute approximate surface area is 171 Å². The predicted octanol–water partition coefficient (Wildman–Crippen LogP) is 2.05. The van der Waals surface area contributed by atoms with E-state index in [4.69, 9.17) is 10.5 Å². The molecular formula is C20H20FN3O6. The van der Waals surface area contributed by atoms with Gasteiger partial charge in [-0.25, -0.2) is 4.39 Å². The molecule has 158 valence electrons. The third kappa shape index (κ3) is 5.60. The van der Waals surface area contributed by atoms with Crippen LogP contribution in [-0.4, -0.2) is 35.4 Å². The van der Waals surface area contributed by atoms with Gasteiger partial charge in [0.2, 0.25) is 5.91 Å². The Hall–Kier alpha value is -3.82. The molecule has 0 spiro atoms. The molecule has 0 aliphatic carbocycles. The number of esters is 1. The topological polar surface area (TPSA) is 142 Å². The maximum absolute atomic E-state index is 13.9. The maximum atomic E-state index is 13.9. The number of hydrogen-bond acceptors (Lipinski definition) is 6. The molecule has 0 heterocycles. The number of amides is 2. The number of ether oxygens (including phenoxy) is 1. The lowest BCUT2D eigenvalue weighted by Crippen LogP contribution is -2.49. The molecule has 10 heteroatoms. The van der Waals surface area contributed by atoms with Gasteiger partial charge in [0.05, 0.1) is 23.5 Å². The van der Waals surface area contributed by atoms with Crippen LogP contribution in [0.5, 0.6) is 0 Å². The van der Waals surface area contributed by atoms with Gasteiger partial charge in [0.1, 0.15) is 11.9 Å². The third-order valence-electron chi connectivity index (χ3n) is 4.34. The molecule has 0 saturated heterocycles. The molecule has 30 heavy (non-hydrogen) atoms. The first kappa shape index (κ1) is 22.5. The molecule has 0 aliphatic heterocycles. The van der Waals surface area contributed by atoms with Crippen LogP contribution in [0, 0.1) is 15.9 Å². The molecule has 2 amide bonds. The first-order valence-corrected chi connectivity index (χ1v) is 8.99. The van der Waals surface area contributed by atoms with Crippen LogP contribution < -0.4 is 11.1 Å². The number of nitro benzene ring substituents is 1. The second kappa shape index (κ2) is 10.1. The fourth-order valence-electron chi connectivity index (χ4n) is 2.91. The van der Waals surface area contributed by atoms with Gasteiger partial charge in [0.25, 0.3) is 11.6 Å². The summed E-state index contributed by atoms with van der Waals surface area (Å²) < 4.78 is 18.9. The van der Waals surface area contributed by atoms with E-state index in [1.54, 1.807) is 6.92 Å². The fraction of sp³-hybridized carbons (Fsp3) is 0.250. The quantitative estimate of drug-likeness (QED) is 0.363. The summed E-state index contributed by atoms with van der Waals surface area (Å²) in [5.41, 5.74) is 5.30. The number of nitrogens with one attached hydrogen (secondary N) is 1. The molecule has 3 N–H and O–H groups in total. The number of primary amides is 1. The Morgan fingerprint density at radius 2 is 1.80 bits per heavy atom. The average molecular weight is 417 g/mol. The Balaban J connectivity index is 2.39. The lowest BCUT2D eigenvalue weighted by atomic mass is 9.87. The van der Waals surface area contributed by atoms with Crippen molar-refractivity contribution in [2.75, 3.05) is 6.61 Å². The number of nitrogens with two attached hydrogens (primary N) is 1. The molecule has 2 aromatic carbocycles. The van der Waals surface area contributed by atoms with E-state index in [-0.39, 0.29) is 24.3 Å². The van der Waals surface area contributed by atoms with Crippen LogP contribution in [0.3, 0.4) is 0 Å². The van der Waals surface area contributed by atoms with Crippen molar-refractivity contribution >= 4 is 23.5 Å². The molecule has 0 bridgehead atoms. The van der Waals surface area contributed by atoms with Crippen LogP contribution in [-0.2, 0) is 14.3 Å². The highest BCUT2D eigenvalue weighted by atomic mass is 19.1. The largest absolute Gasteiger partial charge is 0.466 e. The predicted molar refractivity (Wildman–Crippen MR) is 104 cm³/mol. The number of carbonyl (C=O) groups excluding carboxylic acids is 3. The third-order valence-corrected chi connectivity index (χ3v) is 4.34. The van der Waals surface area contributed by atoms with Crippen LogP contribution in [0.2, 0.25) is 0 Å². The summed E-state index contributed by atoms with van der Waals surface area (Å²) in [4.78, 5) is 47.0. The molecule has 0 saturated carbocycles. The molecular weight excluding hydrogens is 397 g/mol. The maximum Gasteiger partial charge on any atom is 0.306 e. The van der Waals surface area contributed by atoms with E-state index in [0.717, 1.165) is 6.07 Å². The second-order valence-electron chi connectivity index (χ2n) is 6.30. The zero-order chi connectivity index (χ0) is 22.3. The van der Waals surface area contributed by atoms with Crippen molar-refractivity contribution in [3.8, 4) is 0 Å². The van der Waals surface area contributed by atoms with Gasteiger partial charge in [-0.3, -0.25) is 24.5 Å². The summed E-state index contributed by atoms with van der Waals surface area (Å²) in [6, 6.07) is 8.87. The normalized spacial score (nSPS) is 12.5. The van der Waals surface area contributed by atoms with Gasteiger partial charge in [-0.1, -0.05) is 24.3 Å². The number of non-ortho nitro benzene ring substituents is 1. The van der Waals surface area contributed by atoms with E-state index in [9.17, 15) is 28.9 Å². The number of benzene rings is 2. The first-order valence-electron chi connectivity index (χ1n) is 8.99. The van der Waals surface area contributed by atoms with E-state index in [0.29, 0.717) is 5.56 Å². The highest BCUT2D eigenvalue weighted by Gasteiger charge is 2.33. The highest BCUT2D eigenvalue weighted by Crippen LogP contribution is 2.27. The second-order valence-corrected chi connectivity index (χ2v) is 6.30. The van der Waals surface area contributed by atoms with Gasteiger partial charge in [-0.2, -0.15) is 0 Å². The van der Waals surface area contributed by atoms with Crippen molar-refractivity contribution in [2.24, 2.45) is 5.73 Å². The minimum Gasteiger partial charge on any atom is -0.466 e. The van der Waals surface area contributed by atoms with Gasteiger partial charge in [-0.05, 0) is 24.6 Å². The molecule has 0 radical (unpaired) electrons. The van der Waals surface area contributed by atoms with Crippen molar-refractivity contribution < 1.29 is 28.4 Å². The standard InChI is InChI=1S/C20H20FN3O6/c1-2-30-17(25)11-15(12-7-9-13(10-8-12)24(28)29)18(19(22)26)23-20(27)14-5-3-4-6-16(14)21/h3-10,15,18H,2,11H2,1H3,(H2,22,26)(H,23,27)/t15-,18-/m1/s1. The van der Waals surface area contributed by atoms with Crippen LogP contribution >= 0.6 is 0 Å². The van der Waals surface area contributed by atoms with Crippen LogP contribution in [0.4, 0.5) is 10.1 Å². The Bertz CT molecular complexity index is 948. The summed E-state index contributed by atoms with van der Waals surface area (Å²) in [5, 5.41) is 13.2. The minimum absolute atomic E-state index is 0.0919. The van der Waals surface area contributed by atoms with Crippen LogP contribution in [0.1, 0.15) is 35.2 Å². The zero-order valence-electron chi connectivity index (χ0n) is 16.0. The number of hydrogen-bond donors (Lipinski definition) is 2. The average Bonchev–Trinajstić information content (AvgIpc) is 2.70. The number of carbonyl (C=O) groups is 3. The van der Waals surface area contributed by atoms with Gasteiger partial charge in [0, 0.05) is 18.1 Å². The molecule has 2 atom stereocenters. The van der Waals surface area contributed by atoms with E-state index in [1.807, 2.05) is 0 Å². The number of rotatable bonds is 9. The summed E-state index contributed by atoms with van der Waals surface area (Å²) >= 11 is 0. The van der Waals surface area contributed by atoms with E-state index >= 15 is 0 Å². The first-order chi connectivity index (χ1) is 14.2. The van der Waals surface area contributed by atoms with Crippen molar-refractivity contribution in [2.45, 2.75) is 25.3 Å². The summed E-state index contributed by atoms with van der Waals surface area (Å²) in [6.07, 6.45) is -0.336. The lowest BCUT2D eigenvalue weighted by Gasteiger charge is -2.25. The number of nitro groups is 1. The monoisotopic (exact) mass is 417 g/mol. The van der Waals surface area contributed by atoms with Crippen LogP contribution in [0.25, 0.3) is 0 Å². The molecule has 0 aromatic heterocycles. The smallest absolute Gasteiger partial charge is 0.306 e. The zero-order valence-corrected chi connectivity index (χ0v) is 16.0. The van der Waals surface area contributed by atoms with Gasteiger partial charge in [0.15, 0.2) is 0 Å². The van der Waals surface area contributed by atoms with Crippen LogP contribution in [0.15, 0.2) is 48.5 Å². The Kier molecular flexibility index (Phi) is 7.56. The molecule has 9 nitrogen and oxygen atoms in total.